The molecule has 2 aromatic rings. The predicted molar refractivity (Wildman–Crippen MR) is 88.6 cm³/mol. The molecule has 23 heavy (non-hydrogen) atoms. The van der Waals surface area contributed by atoms with Crippen molar-refractivity contribution in [3.8, 4) is 0 Å². The molecule has 0 bridgehead atoms. The average Bonchev–Trinajstić information content (AvgIpc) is 3.23. The quantitative estimate of drug-likeness (QED) is 0.851. The molecule has 118 valence electrons. The maximum Gasteiger partial charge on any atom is 0.272 e. The second-order valence-corrected chi connectivity index (χ2v) is 6.82. The Balaban J connectivity index is 1.60. The lowest BCUT2D eigenvalue weighted by Crippen LogP contribution is -2.40. The van der Waals surface area contributed by atoms with E-state index in [-0.39, 0.29) is 23.9 Å². The van der Waals surface area contributed by atoms with Gasteiger partial charge in [-0.05, 0) is 36.9 Å². The van der Waals surface area contributed by atoms with Crippen molar-refractivity contribution in [1.82, 2.24) is 9.88 Å². The summed E-state index contributed by atoms with van der Waals surface area (Å²) in [6.45, 7) is 2.55. The molecular formula is C17H17N3O2S. The molecule has 0 spiro atoms. The van der Waals surface area contributed by atoms with Gasteiger partial charge in [0.15, 0.2) is 0 Å². The Morgan fingerprint density at radius 2 is 2.17 bits per heavy atom. The predicted octanol–water partition coefficient (Wildman–Crippen LogP) is 2.47. The van der Waals surface area contributed by atoms with E-state index < -0.39 is 0 Å². The van der Waals surface area contributed by atoms with Crippen molar-refractivity contribution in [2.45, 2.75) is 31.8 Å². The maximum absolute atomic E-state index is 12.8. The molecule has 4 rings (SSSR count). The highest BCUT2D eigenvalue weighted by Crippen LogP contribution is 2.37. The minimum Gasteiger partial charge on any atom is -0.332 e. The fraction of sp³-hybridized carbons (Fsp3) is 0.353. The molecule has 2 aromatic heterocycles. The third-order valence-corrected chi connectivity index (χ3v) is 5.32. The third kappa shape index (κ3) is 2.34. The van der Waals surface area contributed by atoms with Gasteiger partial charge in [0.1, 0.15) is 5.69 Å². The lowest BCUT2D eigenvalue weighted by molar-refractivity contribution is -0.117. The van der Waals surface area contributed by atoms with Crippen LogP contribution in [0.25, 0.3) is 0 Å². The summed E-state index contributed by atoms with van der Waals surface area (Å²) in [4.78, 5) is 33.2. The third-order valence-electron chi connectivity index (χ3n) is 4.65. The van der Waals surface area contributed by atoms with Gasteiger partial charge in [-0.15, -0.1) is 0 Å². The summed E-state index contributed by atoms with van der Waals surface area (Å²) >= 11 is 1.58. The number of anilines is 1. The van der Waals surface area contributed by atoms with Gasteiger partial charge in [-0.25, -0.2) is 4.98 Å². The van der Waals surface area contributed by atoms with Gasteiger partial charge in [0.05, 0.1) is 17.8 Å². The van der Waals surface area contributed by atoms with Crippen LogP contribution in [0.2, 0.25) is 0 Å². The highest BCUT2D eigenvalue weighted by molar-refractivity contribution is 7.08. The van der Waals surface area contributed by atoms with Crippen LogP contribution in [0.3, 0.4) is 0 Å². The number of fused-ring (bicyclic) bond motifs is 1. The SMILES string of the molecule is Cc1cccc(C(=O)N2CC[C@H]3[C@H]2CC(=O)N3c2ccsc2)n1. The van der Waals surface area contributed by atoms with Crippen molar-refractivity contribution < 1.29 is 9.59 Å². The monoisotopic (exact) mass is 327 g/mol. The maximum atomic E-state index is 12.8. The Hall–Kier alpha value is -2.21. The van der Waals surface area contributed by atoms with Crippen LogP contribution >= 0.6 is 11.3 Å². The molecule has 0 aliphatic carbocycles. The highest BCUT2D eigenvalue weighted by Gasteiger charge is 2.49. The molecule has 2 atom stereocenters. The van der Waals surface area contributed by atoms with E-state index in [2.05, 4.69) is 4.98 Å². The Morgan fingerprint density at radius 1 is 1.30 bits per heavy atom. The largest absolute Gasteiger partial charge is 0.332 e. The molecule has 2 fully saturated rings. The first-order valence-electron chi connectivity index (χ1n) is 7.74. The van der Waals surface area contributed by atoms with Crippen molar-refractivity contribution in [2.24, 2.45) is 0 Å². The fourth-order valence-corrected chi connectivity index (χ4v) is 4.27. The van der Waals surface area contributed by atoms with Crippen molar-refractivity contribution in [1.29, 1.82) is 0 Å². The molecule has 0 unspecified atom stereocenters. The second-order valence-electron chi connectivity index (χ2n) is 6.04. The molecule has 2 aliphatic rings. The smallest absolute Gasteiger partial charge is 0.272 e. The fourth-order valence-electron chi connectivity index (χ4n) is 3.64. The number of nitrogens with zero attached hydrogens (tertiary/aromatic N) is 3. The number of rotatable bonds is 2. The molecule has 2 amide bonds. The van der Waals surface area contributed by atoms with E-state index in [1.165, 1.54) is 0 Å². The zero-order valence-electron chi connectivity index (χ0n) is 12.8. The van der Waals surface area contributed by atoms with Crippen LogP contribution < -0.4 is 4.90 Å². The van der Waals surface area contributed by atoms with Crippen LogP contribution in [0.4, 0.5) is 5.69 Å². The van der Waals surface area contributed by atoms with E-state index in [4.69, 9.17) is 0 Å². The zero-order chi connectivity index (χ0) is 16.0. The van der Waals surface area contributed by atoms with Crippen LogP contribution in [0.5, 0.6) is 0 Å². The molecule has 0 N–H and O–H groups in total. The Morgan fingerprint density at radius 3 is 2.91 bits per heavy atom. The van der Waals surface area contributed by atoms with Crippen LogP contribution in [-0.2, 0) is 4.79 Å². The number of thiophene rings is 1. The van der Waals surface area contributed by atoms with Gasteiger partial charge in [0.2, 0.25) is 5.91 Å². The van der Waals surface area contributed by atoms with Crippen LogP contribution in [0, 0.1) is 6.92 Å². The first kappa shape index (κ1) is 14.4. The number of hydrogen-bond acceptors (Lipinski definition) is 4. The number of likely N-dealkylation sites (tertiary alicyclic amines) is 1. The molecule has 4 heterocycles. The van der Waals surface area contributed by atoms with Gasteiger partial charge in [-0.2, -0.15) is 11.3 Å². The second kappa shape index (κ2) is 5.45. The zero-order valence-corrected chi connectivity index (χ0v) is 13.6. The van der Waals surface area contributed by atoms with E-state index in [0.717, 1.165) is 17.8 Å². The molecule has 0 saturated carbocycles. The lowest BCUT2D eigenvalue weighted by Gasteiger charge is -2.24. The Kier molecular flexibility index (Phi) is 3.41. The summed E-state index contributed by atoms with van der Waals surface area (Å²) in [5.41, 5.74) is 2.25. The summed E-state index contributed by atoms with van der Waals surface area (Å²) in [5, 5.41) is 3.97. The normalized spacial score (nSPS) is 23.4. The molecule has 5 nitrogen and oxygen atoms in total. The van der Waals surface area contributed by atoms with Gasteiger partial charge < -0.3 is 9.80 Å². The van der Waals surface area contributed by atoms with Gasteiger partial charge in [-0.3, -0.25) is 9.59 Å². The average molecular weight is 327 g/mol. The number of pyridine rings is 1. The van der Waals surface area contributed by atoms with E-state index in [0.29, 0.717) is 18.7 Å². The van der Waals surface area contributed by atoms with Gasteiger partial charge in [0, 0.05) is 24.0 Å². The van der Waals surface area contributed by atoms with Crippen LogP contribution in [0.15, 0.2) is 35.0 Å². The topological polar surface area (TPSA) is 53.5 Å². The first-order chi connectivity index (χ1) is 11.1. The van der Waals surface area contributed by atoms with Crippen LogP contribution in [-0.4, -0.2) is 40.3 Å². The minimum atomic E-state index is -0.0684. The Labute approximate surface area is 138 Å². The van der Waals surface area contributed by atoms with Gasteiger partial charge in [0.25, 0.3) is 5.91 Å². The summed E-state index contributed by atoms with van der Waals surface area (Å²) in [5.74, 6) is 0.0364. The summed E-state index contributed by atoms with van der Waals surface area (Å²) in [7, 11) is 0. The van der Waals surface area contributed by atoms with E-state index in [9.17, 15) is 9.59 Å². The molecule has 2 aliphatic heterocycles. The molecule has 0 aromatic carbocycles. The van der Waals surface area contributed by atoms with Crippen molar-refractivity contribution in [3.63, 3.8) is 0 Å². The van der Waals surface area contributed by atoms with E-state index in [1.807, 2.05) is 45.7 Å². The summed E-state index contributed by atoms with van der Waals surface area (Å²) < 4.78 is 0. The first-order valence-corrected chi connectivity index (χ1v) is 8.68. The summed E-state index contributed by atoms with van der Waals surface area (Å²) in [6, 6.07) is 7.48. The molecular weight excluding hydrogens is 310 g/mol. The number of carbonyl (C=O) groups excluding carboxylic acids is 2. The molecule has 2 saturated heterocycles. The number of aryl methyl sites for hydroxylation is 1. The lowest BCUT2D eigenvalue weighted by atomic mass is 10.1. The number of aromatic nitrogens is 1. The number of amides is 2. The molecule has 0 radical (unpaired) electrons. The van der Waals surface area contributed by atoms with Crippen LogP contribution in [0.1, 0.15) is 29.0 Å². The van der Waals surface area contributed by atoms with Gasteiger partial charge >= 0.3 is 0 Å². The van der Waals surface area contributed by atoms with Gasteiger partial charge in [-0.1, -0.05) is 6.07 Å². The van der Waals surface area contributed by atoms with E-state index in [1.54, 1.807) is 17.4 Å². The minimum absolute atomic E-state index is 0.0442. The van der Waals surface area contributed by atoms with Crippen molar-refractivity contribution in [3.05, 3.63) is 46.4 Å². The Bertz CT molecular complexity index is 759. The van der Waals surface area contributed by atoms with Crippen molar-refractivity contribution in [2.75, 3.05) is 11.4 Å². The number of hydrogen-bond donors (Lipinski definition) is 0. The number of carbonyl (C=O) groups is 2. The summed E-state index contributed by atoms with van der Waals surface area (Å²) in [6.07, 6.45) is 1.22. The van der Waals surface area contributed by atoms with E-state index >= 15 is 0 Å². The van der Waals surface area contributed by atoms with Crippen molar-refractivity contribution >= 4 is 28.8 Å². The standard InChI is InChI=1S/C17H17N3O2S/c1-11-3-2-4-13(18-11)17(22)19-7-5-14-15(19)9-16(21)20(14)12-6-8-23-10-12/h2-4,6,8,10,14-15H,5,7,9H2,1H3/t14-,15+/m0/s1. The molecule has 6 heteroatoms. The highest BCUT2D eigenvalue weighted by atomic mass is 32.1.